The average molecular weight is 328 g/mol. The van der Waals surface area contributed by atoms with E-state index in [4.69, 9.17) is 9.05 Å². The molecule has 24 heavy (non-hydrogen) atoms. The first-order valence-electron chi connectivity index (χ1n) is 7.73. The van der Waals surface area contributed by atoms with Crippen molar-refractivity contribution >= 4 is 5.91 Å². The van der Waals surface area contributed by atoms with Crippen molar-refractivity contribution in [2.75, 3.05) is 0 Å². The number of nitrogens with one attached hydrogen (secondary N) is 1. The van der Waals surface area contributed by atoms with Gasteiger partial charge in [-0.15, -0.1) is 0 Å². The fraction of sp³-hybridized carbons (Fsp3) is 0.400. The van der Waals surface area contributed by atoms with Crippen molar-refractivity contribution in [2.24, 2.45) is 0 Å². The van der Waals surface area contributed by atoms with Crippen molar-refractivity contribution in [1.29, 1.82) is 0 Å². The number of carbonyl (C=O) groups is 1. The molecular formula is C15H16N6O3. The van der Waals surface area contributed by atoms with Crippen LogP contribution in [0, 0.1) is 6.92 Å². The Hall–Kier alpha value is -2.97. The molecule has 1 fully saturated rings. The van der Waals surface area contributed by atoms with E-state index in [0.29, 0.717) is 23.3 Å². The van der Waals surface area contributed by atoms with E-state index in [1.165, 1.54) is 0 Å². The van der Waals surface area contributed by atoms with Gasteiger partial charge in [0, 0.05) is 24.4 Å². The first-order chi connectivity index (χ1) is 11.7. The van der Waals surface area contributed by atoms with Crippen LogP contribution >= 0.6 is 0 Å². The standard InChI is InChI=1S/C15H16N6O3/c1-9-16-4-5-21(9)8-13(22)17-7-14-18-15(20-24-14)11-6-12(23-19-11)10-2-3-10/h4-6,10H,2-3,7-8H2,1H3,(H,17,22). The van der Waals surface area contributed by atoms with Gasteiger partial charge >= 0.3 is 0 Å². The number of carbonyl (C=O) groups excluding carboxylic acids is 1. The summed E-state index contributed by atoms with van der Waals surface area (Å²) in [6.07, 6.45) is 5.67. The van der Waals surface area contributed by atoms with E-state index in [-0.39, 0.29) is 19.0 Å². The van der Waals surface area contributed by atoms with Gasteiger partial charge in [0.15, 0.2) is 5.69 Å². The molecule has 0 radical (unpaired) electrons. The molecule has 1 saturated carbocycles. The number of hydrogen-bond donors (Lipinski definition) is 1. The lowest BCUT2D eigenvalue weighted by molar-refractivity contribution is -0.122. The summed E-state index contributed by atoms with van der Waals surface area (Å²) >= 11 is 0. The van der Waals surface area contributed by atoms with Gasteiger partial charge in [0.25, 0.3) is 0 Å². The van der Waals surface area contributed by atoms with E-state index in [9.17, 15) is 4.79 Å². The molecule has 9 heteroatoms. The monoisotopic (exact) mass is 328 g/mol. The molecule has 0 spiro atoms. The fourth-order valence-corrected chi connectivity index (χ4v) is 2.34. The lowest BCUT2D eigenvalue weighted by atomic mass is 10.3. The number of nitrogens with zero attached hydrogens (tertiary/aromatic N) is 5. The number of amides is 1. The third-order valence-corrected chi connectivity index (χ3v) is 3.88. The smallest absolute Gasteiger partial charge is 0.246 e. The second kappa shape index (κ2) is 5.91. The van der Waals surface area contributed by atoms with Gasteiger partial charge in [0.1, 0.15) is 18.1 Å². The van der Waals surface area contributed by atoms with Crippen LogP contribution < -0.4 is 5.32 Å². The number of aromatic nitrogens is 5. The fourth-order valence-electron chi connectivity index (χ4n) is 2.34. The molecule has 3 aromatic rings. The first-order valence-corrected chi connectivity index (χ1v) is 7.73. The van der Waals surface area contributed by atoms with Crippen LogP contribution in [0.1, 0.15) is 36.2 Å². The average Bonchev–Trinajstić information content (AvgIpc) is 2.98. The van der Waals surface area contributed by atoms with Crippen molar-refractivity contribution in [1.82, 2.24) is 30.2 Å². The quantitative estimate of drug-likeness (QED) is 0.728. The van der Waals surface area contributed by atoms with E-state index in [2.05, 4.69) is 25.6 Å². The highest BCUT2D eigenvalue weighted by atomic mass is 16.5. The third-order valence-electron chi connectivity index (χ3n) is 3.88. The predicted octanol–water partition coefficient (Wildman–Crippen LogP) is 1.42. The molecule has 0 atom stereocenters. The Morgan fingerprint density at radius 2 is 2.25 bits per heavy atom. The molecule has 0 bridgehead atoms. The van der Waals surface area contributed by atoms with Crippen LogP contribution in [-0.4, -0.2) is 30.8 Å². The Bertz CT molecular complexity index is 860. The molecular weight excluding hydrogens is 312 g/mol. The molecule has 9 nitrogen and oxygen atoms in total. The highest BCUT2D eigenvalue weighted by molar-refractivity contribution is 5.75. The predicted molar refractivity (Wildman–Crippen MR) is 80.6 cm³/mol. The maximum atomic E-state index is 11.9. The summed E-state index contributed by atoms with van der Waals surface area (Å²) in [5, 5.41) is 10.6. The van der Waals surface area contributed by atoms with Crippen molar-refractivity contribution < 1.29 is 13.8 Å². The summed E-state index contributed by atoms with van der Waals surface area (Å²) in [7, 11) is 0. The van der Waals surface area contributed by atoms with E-state index >= 15 is 0 Å². The van der Waals surface area contributed by atoms with E-state index < -0.39 is 0 Å². The van der Waals surface area contributed by atoms with Gasteiger partial charge in [0.05, 0.1) is 6.54 Å². The maximum Gasteiger partial charge on any atom is 0.246 e. The van der Waals surface area contributed by atoms with Crippen LogP contribution in [0.4, 0.5) is 0 Å². The van der Waals surface area contributed by atoms with Crippen LogP contribution in [-0.2, 0) is 17.9 Å². The van der Waals surface area contributed by atoms with Gasteiger partial charge in [-0.3, -0.25) is 4.79 Å². The van der Waals surface area contributed by atoms with E-state index in [1.807, 2.05) is 13.0 Å². The molecule has 124 valence electrons. The molecule has 0 unspecified atom stereocenters. The molecule has 0 aromatic carbocycles. The van der Waals surface area contributed by atoms with Crippen LogP contribution in [0.3, 0.4) is 0 Å². The lowest BCUT2D eigenvalue weighted by Crippen LogP contribution is -2.27. The van der Waals surface area contributed by atoms with E-state index in [1.54, 1.807) is 17.0 Å². The molecule has 0 aliphatic heterocycles. The van der Waals surface area contributed by atoms with Crippen LogP contribution in [0.15, 0.2) is 27.5 Å². The molecule has 1 aliphatic carbocycles. The van der Waals surface area contributed by atoms with Crippen molar-refractivity contribution in [3.63, 3.8) is 0 Å². The summed E-state index contributed by atoms with van der Waals surface area (Å²) in [6, 6.07) is 1.84. The lowest BCUT2D eigenvalue weighted by Gasteiger charge is -2.04. The molecule has 3 heterocycles. The van der Waals surface area contributed by atoms with Crippen molar-refractivity contribution in [3.8, 4) is 11.5 Å². The molecule has 1 aliphatic rings. The van der Waals surface area contributed by atoms with Crippen LogP contribution in [0.2, 0.25) is 0 Å². The molecule has 3 aromatic heterocycles. The Morgan fingerprint density at radius 3 is 3.00 bits per heavy atom. The zero-order valence-electron chi connectivity index (χ0n) is 13.1. The third kappa shape index (κ3) is 3.05. The van der Waals surface area contributed by atoms with Gasteiger partial charge in [-0.25, -0.2) is 4.98 Å². The van der Waals surface area contributed by atoms with E-state index in [0.717, 1.165) is 24.4 Å². The van der Waals surface area contributed by atoms with Crippen molar-refractivity contribution in [2.45, 2.75) is 38.8 Å². The largest absolute Gasteiger partial charge is 0.360 e. The number of rotatable bonds is 6. The topological polar surface area (TPSA) is 112 Å². The molecule has 0 saturated heterocycles. The second-order valence-electron chi connectivity index (χ2n) is 5.78. The molecule has 1 N–H and O–H groups in total. The SMILES string of the molecule is Cc1nccn1CC(=O)NCc1nc(-c2cc(C3CC3)on2)no1. The molecule has 1 amide bonds. The molecule has 4 rings (SSSR count). The number of hydrogen-bond acceptors (Lipinski definition) is 7. The minimum Gasteiger partial charge on any atom is -0.360 e. The highest BCUT2D eigenvalue weighted by Crippen LogP contribution is 2.40. The van der Waals surface area contributed by atoms with Gasteiger partial charge in [0.2, 0.25) is 17.6 Å². The van der Waals surface area contributed by atoms with Gasteiger partial charge in [-0.1, -0.05) is 10.3 Å². The summed E-state index contributed by atoms with van der Waals surface area (Å²) in [4.78, 5) is 20.2. The van der Waals surface area contributed by atoms with Crippen LogP contribution in [0.5, 0.6) is 0 Å². The Kier molecular flexibility index (Phi) is 3.60. The van der Waals surface area contributed by atoms with Crippen molar-refractivity contribution in [3.05, 3.63) is 35.9 Å². The first kappa shape index (κ1) is 14.6. The zero-order chi connectivity index (χ0) is 16.5. The highest BCUT2D eigenvalue weighted by Gasteiger charge is 2.28. The van der Waals surface area contributed by atoms with Gasteiger partial charge in [-0.05, 0) is 19.8 Å². The minimum atomic E-state index is -0.159. The Labute approximate surface area is 137 Å². The van der Waals surface area contributed by atoms with Gasteiger partial charge < -0.3 is 18.9 Å². The normalized spacial score (nSPS) is 14.0. The maximum absolute atomic E-state index is 11.9. The van der Waals surface area contributed by atoms with Gasteiger partial charge in [-0.2, -0.15) is 4.98 Å². The summed E-state index contributed by atoms with van der Waals surface area (Å²) in [5.41, 5.74) is 0.548. The number of imidazole rings is 1. The summed E-state index contributed by atoms with van der Waals surface area (Å²) in [5.74, 6) is 2.64. The summed E-state index contributed by atoms with van der Waals surface area (Å²) < 4.78 is 12.2. The Balaban J connectivity index is 1.34. The minimum absolute atomic E-state index is 0.159. The zero-order valence-corrected chi connectivity index (χ0v) is 13.1. The Morgan fingerprint density at radius 1 is 1.38 bits per heavy atom. The summed E-state index contributed by atoms with van der Waals surface area (Å²) in [6.45, 7) is 2.19. The number of aryl methyl sites for hydroxylation is 1. The second-order valence-corrected chi connectivity index (χ2v) is 5.78. The van der Waals surface area contributed by atoms with Crippen LogP contribution in [0.25, 0.3) is 11.5 Å².